The Bertz CT molecular complexity index is 3640. The van der Waals surface area contributed by atoms with E-state index < -0.39 is 0 Å². The molecule has 8 heterocycles. The van der Waals surface area contributed by atoms with Crippen LogP contribution in [-0.4, -0.2) is 49.8 Å². The second-order valence-corrected chi connectivity index (χ2v) is 17.3. The molecule has 0 spiro atoms. The number of pyridine rings is 4. The Balaban J connectivity index is 1.13. The topological polar surface area (TPSA) is 154 Å². The lowest BCUT2D eigenvalue weighted by molar-refractivity contribution is 0.477. The molecule has 0 saturated carbocycles. The fourth-order valence-electron chi connectivity index (χ4n) is 9.43. The van der Waals surface area contributed by atoms with Crippen LogP contribution in [0.5, 0.6) is 23.0 Å². The van der Waals surface area contributed by atoms with Gasteiger partial charge in [-0.2, -0.15) is 0 Å². The van der Waals surface area contributed by atoms with Crippen LogP contribution in [0.15, 0.2) is 219 Å². The van der Waals surface area contributed by atoms with Crippen LogP contribution in [-0.2, 0) is 0 Å². The van der Waals surface area contributed by atoms with Gasteiger partial charge >= 0.3 is 0 Å². The maximum Gasteiger partial charge on any atom is 0.182 e. The molecule has 6 aromatic carbocycles. The second-order valence-electron chi connectivity index (χ2n) is 17.3. The van der Waals surface area contributed by atoms with Gasteiger partial charge in [0.1, 0.15) is 22.8 Å². The summed E-state index contributed by atoms with van der Waals surface area (Å²) in [4.78, 5) is 53.9. The number of benzene rings is 6. The number of ether oxygens (including phenoxy) is 2. The van der Waals surface area contributed by atoms with E-state index in [0.717, 1.165) is 44.9 Å². The standard InChI is InChI=1S/C60H36N12O2/c1-5-25-51-45(21-1)71(46-22-2-6-26-52(46)73-51)49-35-37(55-65-57(41-17-9-13-29-61-41)69-58(66-55)42-18-10-14-30-62-42)34-40-39(49)33-38(36-50(40)72-47-23-3-7-27-53(47)74-54-28-8-4-24-48(54)72)56-67-59(43-19-11-15-31-63-43)70-60(68-56)44-20-12-16-32-64-44/h1-36H. The average Bonchev–Trinajstić information content (AvgIpc) is 3.48. The van der Waals surface area contributed by atoms with Crippen LogP contribution in [0, 0.1) is 0 Å². The summed E-state index contributed by atoms with van der Waals surface area (Å²) < 4.78 is 13.3. The van der Waals surface area contributed by atoms with Crippen LogP contribution in [0.25, 0.3) is 79.6 Å². The highest BCUT2D eigenvalue weighted by atomic mass is 16.5. The van der Waals surface area contributed by atoms with E-state index in [4.69, 9.17) is 39.4 Å². The molecule has 0 saturated heterocycles. The summed E-state index contributed by atoms with van der Waals surface area (Å²) in [6.45, 7) is 0. The molecular weight excluding hydrogens is 921 g/mol. The highest BCUT2D eigenvalue weighted by molar-refractivity contribution is 6.12. The van der Waals surface area contributed by atoms with E-state index in [1.165, 1.54) is 0 Å². The maximum absolute atomic E-state index is 6.64. The number of aromatic nitrogens is 10. The molecule has 74 heavy (non-hydrogen) atoms. The third-order valence-corrected chi connectivity index (χ3v) is 12.7. The summed E-state index contributed by atoms with van der Waals surface area (Å²) in [6, 6.07) is 63.4. The average molecular weight is 957 g/mol. The van der Waals surface area contributed by atoms with Crippen LogP contribution in [0.2, 0.25) is 0 Å². The van der Waals surface area contributed by atoms with E-state index in [-0.39, 0.29) is 0 Å². The Morgan fingerprint density at radius 3 is 0.811 bits per heavy atom. The molecule has 14 heteroatoms. The second kappa shape index (κ2) is 17.7. The fourth-order valence-corrected chi connectivity index (χ4v) is 9.43. The van der Waals surface area contributed by atoms with Gasteiger partial charge in [0.25, 0.3) is 0 Å². The predicted octanol–water partition coefficient (Wildman–Crippen LogP) is 13.9. The number of fused-ring (bicyclic) bond motifs is 5. The minimum atomic E-state index is 0.397. The Morgan fingerprint density at radius 1 is 0.257 bits per heavy atom. The van der Waals surface area contributed by atoms with Crippen molar-refractivity contribution >= 4 is 44.9 Å². The Kier molecular flexibility index (Phi) is 10.1. The molecule has 0 fully saturated rings. The zero-order valence-electron chi connectivity index (χ0n) is 39.0. The monoisotopic (exact) mass is 956 g/mol. The fraction of sp³-hybridized carbons (Fsp3) is 0. The van der Waals surface area contributed by atoms with E-state index >= 15 is 0 Å². The number of rotatable bonds is 8. The third kappa shape index (κ3) is 7.45. The van der Waals surface area contributed by atoms with Crippen molar-refractivity contribution in [1.29, 1.82) is 0 Å². The van der Waals surface area contributed by atoms with E-state index in [1.54, 1.807) is 24.8 Å². The minimum Gasteiger partial charge on any atom is -0.453 e. The maximum atomic E-state index is 6.64. The number of anilines is 6. The molecule has 0 N–H and O–H groups in total. The molecular formula is C60H36N12O2. The zero-order chi connectivity index (χ0) is 49.0. The first-order valence-electron chi connectivity index (χ1n) is 23.8. The van der Waals surface area contributed by atoms with Gasteiger partial charge in [0.15, 0.2) is 57.9 Å². The summed E-state index contributed by atoms with van der Waals surface area (Å²) in [5.74, 6) is 5.15. The number of para-hydroxylation sites is 8. The molecule has 14 rings (SSSR count). The number of hydrogen-bond acceptors (Lipinski definition) is 14. The molecule has 0 unspecified atom stereocenters. The molecule has 2 aliphatic heterocycles. The van der Waals surface area contributed by atoms with Gasteiger partial charge in [0, 0.05) is 46.7 Å². The van der Waals surface area contributed by atoms with Crippen molar-refractivity contribution in [3.8, 4) is 91.8 Å². The normalized spacial score (nSPS) is 12.2. The molecule has 0 atom stereocenters. The Morgan fingerprint density at radius 2 is 0.527 bits per heavy atom. The van der Waals surface area contributed by atoms with Gasteiger partial charge in [-0.3, -0.25) is 19.9 Å². The van der Waals surface area contributed by atoms with Crippen molar-refractivity contribution in [3.63, 3.8) is 0 Å². The molecule has 0 amide bonds. The van der Waals surface area contributed by atoms with Crippen LogP contribution < -0.4 is 19.3 Å². The van der Waals surface area contributed by atoms with Gasteiger partial charge in [-0.1, -0.05) is 72.8 Å². The first-order chi connectivity index (χ1) is 36.7. The number of nitrogens with zero attached hydrogens (tertiary/aromatic N) is 12. The summed E-state index contributed by atoms with van der Waals surface area (Å²) in [5.41, 5.74) is 8.64. The van der Waals surface area contributed by atoms with E-state index in [2.05, 4.69) is 78.3 Å². The van der Waals surface area contributed by atoms with E-state index in [9.17, 15) is 0 Å². The third-order valence-electron chi connectivity index (χ3n) is 12.7. The first-order valence-corrected chi connectivity index (χ1v) is 23.8. The molecule has 0 radical (unpaired) electrons. The van der Waals surface area contributed by atoms with Crippen molar-refractivity contribution in [2.24, 2.45) is 0 Å². The van der Waals surface area contributed by atoms with Crippen LogP contribution in [0.1, 0.15) is 0 Å². The molecule has 12 aromatic rings. The van der Waals surface area contributed by atoms with Crippen LogP contribution >= 0.6 is 0 Å². The summed E-state index contributed by atoms with van der Waals surface area (Å²) in [6.07, 6.45) is 6.92. The zero-order valence-corrected chi connectivity index (χ0v) is 39.0. The first kappa shape index (κ1) is 42.3. The van der Waals surface area contributed by atoms with Crippen molar-refractivity contribution in [2.45, 2.75) is 0 Å². The van der Waals surface area contributed by atoms with Gasteiger partial charge in [-0.15, -0.1) is 0 Å². The predicted molar refractivity (Wildman–Crippen MR) is 284 cm³/mol. The van der Waals surface area contributed by atoms with Crippen molar-refractivity contribution < 1.29 is 9.47 Å². The lowest BCUT2D eigenvalue weighted by atomic mass is 9.96. The van der Waals surface area contributed by atoms with Crippen LogP contribution in [0.4, 0.5) is 34.1 Å². The summed E-state index contributed by atoms with van der Waals surface area (Å²) >= 11 is 0. The quantitative estimate of drug-likeness (QED) is 0.142. The lowest BCUT2D eigenvalue weighted by Crippen LogP contribution is -2.18. The van der Waals surface area contributed by atoms with Gasteiger partial charge < -0.3 is 19.3 Å². The van der Waals surface area contributed by atoms with Crippen LogP contribution in [0.3, 0.4) is 0 Å². The Hall–Kier alpha value is -10.6. The summed E-state index contributed by atoms with van der Waals surface area (Å²) in [5, 5.41) is 1.69. The van der Waals surface area contributed by atoms with Gasteiger partial charge in [-0.25, -0.2) is 29.9 Å². The number of hydrogen-bond donors (Lipinski definition) is 0. The molecule has 6 aromatic heterocycles. The van der Waals surface area contributed by atoms with Crippen molar-refractivity contribution in [3.05, 3.63) is 219 Å². The Labute approximate surface area is 423 Å². The molecule has 2 aliphatic rings. The molecule has 14 nitrogen and oxygen atoms in total. The minimum absolute atomic E-state index is 0.397. The highest BCUT2D eigenvalue weighted by Crippen LogP contribution is 2.56. The molecule has 348 valence electrons. The highest BCUT2D eigenvalue weighted by Gasteiger charge is 2.32. The molecule has 0 aliphatic carbocycles. The largest absolute Gasteiger partial charge is 0.453 e. The smallest absolute Gasteiger partial charge is 0.182 e. The van der Waals surface area contributed by atoms with Crippen molar-refractivity contribution in [1.82, 2.24) is 49.8 Å². The van der Waals surface area contributed by atoms with Gasteiger partial charge in [0.05, 0.1) is 34.1 Å². The van der Waals surface area contributed by atoms with Gasteiger partial charge in [0.2, 0.25) is 0 Å². The van der Waals surface area contributed by atoms with E-state index in [1.807, 2.05) is 146 Å². The summed E-state index contributed by atoms with van der Waals surface area (Å²) in [7, 11) is 0. The van der Waals surface area contributed by atoms with Gasteiger partial charge in [-0.05, 0) is 121 Å². The van der Waals surface area contributed by atoms with Crippen molar-refractivity contribution in [2.75, 3.05) is 9.80 Å². The lowest BCUT2D eigenvalue weighted by Gasteiger charge is -2.36. The molecule has 0 bridgehead atoms. The SMILES string of the molecule is c1ccc(-c2nc(-c3cc(N4c5ccccc5Oc5ccccc54)c4cc(-c5nc(-c6ccccn6)nc(-c6ccccn6)n5)cc(N5c6ccccc6Oc6ccccc65)c4c3)nc(-c3ccccn3)n2)nc1. The van der Waals surface area contributed by atoms with E-state index in [0.29, 0.717) is 91.8 Å².